The zero-order chi connectivity index (χ0) is 9.68. The van der Waals surface area contributed by atoms with E-state index in [9.17, 15) is 9.59 Å². The fourth-order valence-corrected chi connectivity index (χ4v) is 1.29. The minimum Gasteiger partial charge on any atom is -0.466 e. The molecule has 4 heteroatoms. The van der Waals surface area contributed by atoms with E-state index in [0.29, 0.717) is 13.0 Å². The van der Waals surface area contributed by atoms with Crippen molar-refractivity contribution in [2.75, 3.05) is 13.2 Å². The van der Waals surface area contributed by atoms with Crippen LogP contribution in [0.2, 0.25) is 0 Å². The van der Waals surface area contributed by atoms with Crippen molar-refractivity contribution in [1.29, 1.82) is 0 Å². The molecule has 1 rings (SSSR count). The first-order valence-corrected chi connectivity index (χ1v) is 4.67. The lowest BCUT2D eigenvalue weighted by atomic mass is 9.95. The topological polar surface area (TPSA) is 55.4 Å². The molecule has 0 aliphatic carbocycles. The van der Waals surface area contributed by atoms with Crippen molar-refractivity contribution in [1.82, 2.24) is 5.32 Å². The molecule has 74 valence electrons. The van der Waals surface area contributed by atoms with Gasteiger partial charge in [0.1, 0.15) is 0 Å². The highest BCUT2D eigenvalue weighted by molar-refractivity contribution is 5.84. The number of hydrogen-bond acceptors (Lipinski definition) is 3. The molecule has 1 amide bonds. The summed E-state index contributed by atoms with van der Waals surface area (Å²) in [6, 6.07) is 0. The van der Waals surface area contributed by atoms with Crippen molar-refractivity contribution in [2.24, 2.45) is 5.92 Å². The quantitative estimate of drug-likeness (QED) is 0.500. The Morgan fingerprint density at radius 2 is 2.46 bits per heavy atom. The van der Waals surface area contributed by atoms with Gasteiger partial charge in [0.05, 0.1) is 12.5 Å². The van der Waals surface area contributed by atoms with E-state index in [1.165, 1.54) is 0 Å². The fourth-order valence-electron chi connectivity index (χ4n) is 1.29. The zero-order valence-electron chi connectivity index (χ0n) is 7.84. The average Bonchev–Trinajstić information content (AvgIpc) is 2.10. The smallest absolute Gasteiger partial charge is 0.305 e. The summed E-state index contributed by atoms with van der Waals surface area (Å²) in [4.78, 5) is 21.7. The second-order valence-corrected chi connectivity index (χ2v) is 3.14. The van der Waals surface area contributed by atoms with Gasteiger partial charge in [-0.25, -0.2) is 0 Å². The first-order valence-electron chi connectivity index (χ1n) is 4.67. The number of esters is 1. The Labute approximate surface area is 77.6 Å². The van der Waals surface area contributed by atoms with Gasteiger partial charge in [-0.15, -0.1) is 0 Å². The van der Waals surface area contributed by atoms with Crippen molar-refractivity contribution >= 4 is 11.9 Å². The van der Waals surface area contributed by atoms with Crippen molar-refractivity contribution in [2.45, 2.75) is 26.2 Å². The fraction of sp³-hybridized carbons (Fsp3) is 0.778. The minimum atomic E-state index is -0.165. The lowest BCUT2D eigenvalue weighted by Gasteiger charge is -2.25. The largest absolute Gasteiger partial charge is 0.466 e. The first-order chi connectivity index (χ1) is 6.24. The number of carbonyl (C=O) groups is 2. The van der Waals surface area contributed by atoms with Crippen LogP contribution in [0, 0.1) is 5.92 Å². The molecule has 0 aromatic heterocycles. The lowest BCUT2D eigenvalue weighted by Crippen LogP contribution is -2.48. The van der Waals surface area contributed by atoms with Crippen LogP contribution in [-0.2, 0) is 14.3 Å². The van der Waals surface area contributed by atoms with Crippen LogP contribution in [0.4, 0.5) is 0 Å². The highest BCUT2D eigenvalue weighted by Gasteiger charge is 2.26. The van der Waals surface area contributed by atoms with Gasteiger partial charge in [-0.05, 0) is 19.8 Å². The Hall–Kier alpha value is -1.06. The molecule has 1 aliphatic rings. The average molecular weight is 185 g/mol. The van der Waals surface area contributed by atoms with Gasteiger partial charge in [0.2, 0.25) is 5.91 Å². The van der Waals surface area contributed by atoms with Crippen LogP contribution < -0.4 is 5.32 Å². The molecule has 1 aliphatic heterocycles. The van der Waals surface area contributed by atoms with Gasteiger partial charge in [0, 0.05) is 13.0 Å². The van der Waals surface area contributed by atoms with Gasteiger partial charge in [0.15, 0.2) is 0 Å². The van der Waals surface area contributed by atoms with Crippen molar-refractivity contribution in [3.8, 4) is 0 Å². The summed E-state index contributed by atoms with van der Waals surface area (Å²) in [5.74, 6) is 0.0838. The molecule has 0 radical (unpaired) electrons. The molecule has 13 heavy (non-hydrogen) atoms. The Bertz CT molecular complexity index is 203. The van der Waals surface area contributed by atoms with Gasteiger partial charge in [0.25, 0.3) is 0 Å². The van der Waals surface area contributed by atoms with E-state index >= 15 is 0 Å². The Kier molecular flexibility index (Phi) is 3.73. The van der Waals surface area contributed by atoms with Crippen LogP contribution in [0.3, 0.4) is 0 Å². The number of amides is 1. The molecule has 1 N–H and O–H groups in total. The normalized spacial score (nSPS) is 20.4. The molecular formula is C9H15NO3. The number of rotatable bonds is 5. The predicted molar refractivity (Wildman–Crippen MR) is 47.0 cm³/mol. The van der Waals surface area contributed by atoms with E-state index in [0.717, 1.165) is 19.4 Å². The lowest BCUT2D eigenvalue weighted by molar-refractivity contribution is -0.143. The van der Waals surface area contributed by atoms with Crippen molar-refractivity contribution < 1.29 is 14.3 Å². The van der Waals surface area contributed by atoms with Crippen LogP contribution in [0.1, 0.15) is 26.2 Å². The molecular weight excluding hydrogens is 170 g/mol. The molecule has 1 saturated heterocycles. The number of carbonyl (C=O) groups excluding carboxylic acids is 2. The van der Waals surface area contributed by atoms with E-state index < -0.39 is 0 Å². The van der Waals surface area contributed by atoms with Crippen LogP contribution in [-0.4, -0.2) is 25.0 Å². The maximum absolute atomic E-state index is 10.9. The molecule has 0 saturated carbocycles. The highest BCUT2D eigenvalue weighted by atomic mass is 16.5. The summed E-state index contributed by atoms with van der Waals surface area (Å²) < 4.78 is 4.76. The summed E-state index contributed by atoms with van der Waals surface area (Å²) in [7, 11) is 0. The first kappa shape index (κ1) is 10.0. The molecule has 1 fully saturated rings. The monoisotopic (exact) mass is 185 g/mol. The van der Waals surface area contributed by atoms with E-state index in [4.69, 9.17) is 4.74 Å². The molecule has 0 aromatic carbocycles. The van der Waals surface area contributed by atoms with Gasteiger partial charge in [-0.2, -0.15) is 0 Å². The number of ether oxygens (including phenoxy) is 1. The molecule has 0 bridgehead atoms. The molecule has 1 unspecified atom stereocenters. The zero-order valence-corrected chi connectivity index (χ0v) is 7.84. The summed E-state index contributed by atoms with van der Waals surface area (Å²) in [6.07, 6.45) is 1.97. The minimum absolute atomic E-state index is 0.115. The second kappa shape index (κ2) is 4.84. The summed E-state index contributed by atoms with van der Waals surface area (Å²) in [5, 5.41) is 2.67. The standard InChI is InChI=1S/C9H15NO3/c1-2-13-8(11)5-3-4-7-6-10-9(7)12/h7H,2-6H2,1H3,(H,10,12). The molecule has 0 aromatic rings. The number of hydrogen-bond donors (Lipinski definition) is 1. The maximum atomic E-state index is 10.9. The highest BCUT2D eigenvalue weighted by Crippen LogP contribution is 2.14. The van der Waals surface area contributed by atoms with Crippen molar-refractivity contribution in [3.05, 3.63) is 0 Å². The van der Waals surface area contributed by atoms with Crippen molar-refractivity contribution in [3.63, 3.8) is 0 Å². The van der Waals surface area contributed by atoms with Gasteiger partial charge >= 0.3 is 5.97 Å². The Morgan fingerprint density at radius 3 is 2.92 bits per heavy atom. The Balaban J connectivity index is 2.00. The molecule has 1 heterocycles. The van der Waals surface area contributed by atoms with E-state index in [2.05, 4.69) is 5.32 Å². The Morgan fingerprint density at radius 1 is 1.69 bits per heavy atom. The second-order valence-electron chi connectivity index (χ2n) is 3.14. The third kappa shape index (κ3) is 3.05. The third-order valence-corrected chi connectivity index (χ3v) is 2.13. The SMILES string of the molecule is CCOC(=O)CCCC1CNC1=O. The number of nitrogens with one attached hydrogen (secondary N) is 1. The molecule has 1 atom stereocenters. The van der Waals surface area contributed by atoms with Gasteiger partial charge in [-0.3, -0.25) is 9.59 Å². The van der Waals surface area contributed by atoms with Crippen LogP contribution in [0.25, 0.3) is 0 Å². The molecule has 0 spiro atoms. The van der Waals surface area contributed by atoms with Gasteiger partial charge < -0.3 is 10.1 Å². The summed E-state index contributed by atoms with van der Waals surface area (Å²) in [6.45, 7) is 2.99. The molecule has 4 nitrogen and oxygen atoms in total. The van der Waals surface area contributed by atoms with Crippen LogP contribution >= 0.6 is 0 Å². The van der Waals surface area contributed by atoms with E-state index in [-0.39, 0.29) is 17.8 Å². The predicted octanol–water partition coefficient (Wildman–Crippen LogP) is 0.466. The summed E-state index contributed by atoms with van der Waals surface area (Å²) in [5.41, 5.74) is 0. The summed E-state index contributed by atoms with van der Waals surface area (Å²) >= 11 is 0. The van der Waals surface area contributed by atoms with Gasteiger partial charge in [-0.1, -0.05) is 0 Å². The maximum Gasteiger partial charge on any atom is 0.305 e. The third-order valence-electron chi connectivity index (χ3n) is 2.13. The van der Waals surface area contributed by atoms with E-state index in [1.807, 2.05) is 0 Å². The van der Waals surface area contributed by atoms with Crippen LogP contribution in [0.5, 0.6) is 0 Å². The van der Waals surface area contributed by atoms with Crippen LogP contribution in [0.15, 0.2) is 0 Å². The number of β-lactam (4-membered cyclic amide) rings is 1. The van der Waals surface area contributed by atoms with E-state index in [1.54, 1.807) is 6.92 Å².